The fraction of sp³-hybridized carbons (Fsp3) is 1.00. The van der Waals surface area contributed by atoms with E-state index in [9.17, 15) is 13.9 Å². The van der Waals surface area contributed by atoms with Gasteiger partial charge >= 0.3 is 0 Å². The van der Waals surface area contributed by atoms with Crippen molar-refractivity contribution in [3.63, 3.8) is 0 Å². The third-order valence-electron chi connectivity index (χ3n) is 3.43. The molecule has 2 rings (SSSR count). The molecule has 0 spiro atoms. The summed E-state index contributed by atoms with van der Waals surface area (Å²) in [5.41, 5.74) is 0. The van der Waals surface area contributed by atoms with Crippen molar-refractivity contribution < 1.29 is 13.9 Å². The second kappa shape index (κ2) is 3.19. The summed E-state index contributed by atoms with van der Waals surface area (Å²) in [4.78, 5) is 0. The van der Waals surface area contributed by atoms with E-state index in [1.165, 1.54) is 0 Å². The number of aliphatic hydroxyl groups excluding tert-OH is 1. The van der Waals surface area contributed by atoms with Gasteiger partial charge in [0.25, 0.3) is 5.92 Å². The molecular weight excluding hydrogens is 174 g/mol. The van der Waals surface area contributed by atoms with Crippen LogP contribution in [-0.2, 0) is 0 Å². The monoisotopic (exact) mass is 190 g/mol. The van der Waals surface area contributed by atoms with E-state index < -0.39 is 17.9 Å². The fourth-order valence-corrected chi connectivity index (χ4v) is 2.35. The highest BCUT2D eigenvalue weighted by Gasteiger charge is 2.57. The van der Waals surface area contributed by atoms with Gasteiger partial charge in [0.1, 0.15) is 0 Å². The molecule has 1 N–H and O–H groups in total. The zero-order valence-corrected chi connectivity index (χ0v) is 7.68. The maximum Gasteiger partial charge on any atom is 0.251 e. The van der Waals surface area contributed by atoms with E-state index in [-0.39, 0.29) is 6.42 Å². The standard InChI is InChI=1S/C10H16F2O/c11-10(12)6-8(10)5-9(13)7-3-1-2-4-7/h7-9,13H,1-6H2. The number of hydrogen-bond acceptors (Lipinski definition) is 1. The highest BCUT2D eigenvalue weighted by Crippen LogP contribution is 2.52. The first-order chi connectivity index (χ1) is 6.09. The maximum absolute atomic E-state index is 12.5. The Hall–Kier alpha value is -0.180. The summed E-state index contributed by atoms with van der Waals surface area (Å²) in [5.74, 6) is -2.68. The normalized spacial score (nSPS) is 34.8. The van der Waals surface area contributed by atoms with Gasteiger partial charge in [0.15, 0.2) is 0 Å². The summed E-state index contributed by atoms with van der Waals surface area (Å²) in [6.45, 7) is 0. The molecule has 2 atom stereocenters. The van der Waals surface area contributed by atoms with Gasteiger partial charge in [0.05, 0.1) is 6.10 Å². The second-order valence-corrected chi connectivity index (χ2v) is 4.51. The molecule has 0 aromatic heterocycles. The lowest BCUT2D eigenvalue weighted by atomic mass is 9.96. The fourth-order valence-electron chi connectivity index (χ4n) is 2.35. The summed E-state index contributed by atoms with van der Waals surface area (Å²) in [5, 5.41) is 9.66. The van der Waals surface area contributed by atoms with Gasteiger partial charge in [0.2, 0.25) is 0 Å². The van der Waals surface area contributed by atoms with Crippen molar-refractivity contribution in [2.75, 3.05) is 0 Å². The molecule has 0 bridgehead atoms. The molecule has 2 aliphatic rings. The smallest absolute Gasteiger partial charge is 0.251 e. The van der Waals surface area contributed by atoms with Crippen molar-refractivity contribution in [1.29, 1.82) is 0 Å². The van der Waals surface area contributed by atoms with Crippen LogP contribution in [0, 0.1) is 11.8 Å². The number of aliphatic hydroxyl groups is 1. The molecule has 2 unspecified atom stereocenters. The lowest BCUT2D eigenvalue weighted by molar-refractivity contribution is 0.0564. The molecule has 0 radical (unpaired) electrons. The Labute approximate surface area is 77.1 Å². The van der Waals surface area contributed by atoms with Gasteiger partial charge in [-0.25, -0.2) is 8.78 Å². The van der Waals surface area contributed by atoms with E-state index in [1.807, 2.05) is 0 Å². The third kappa shape index (κ3) is 2.01. The molecule has 1 nitrogen and oxygen atoms in total. The first-order valence-electron chi connectivity index (χ1n) is 5.15. The molecule has 13 heavy (non-hydrogen) atoms. The summed E-state index contributed by atoms with van der Waals surface area (Å²) >= 11 is 0. The largest absolute Gasteiger partial charge is 0.393 e. The van der Waals surface area contributed by atoms with E-state index in [0.717, 1.165) is 25.7 Å². The molecule has 0 aromatic carbocycles. The quantitative estimate of drug-likeness (QED) is 0.725. The number of rotatable bonds is 3. The molecule has 0 saturated heterocycles. The maximum atomic E-state index is 12.5. The molecule has 0 amide bonds. The molecule has 0 aliphatic heterocycles. The van der Waals surface area contributed by atoms with Crippen molar-refractivity contribution in [1.82, 2.24) is 0 Å². The van der Waals surface area contributed by atoms with Gasteiger partial charge < -0.3 is 5.11 Å². The van der Waals surface area contributed by atoms with Gasteiger partial charge in [-0.05, 0) is 25.2 Å². The Morgan fingerprint density at radius 1 is 1.31 bits per heavy atom. The SMILES string of the molecule is OC(CC1CC1(F)F)C1CCCC1. The first kappa shape index (κ1) is 9.38. The van der Waals surface area contributed by atoms with Crippen molar-refractivity contribution >= 4 is 0 Å². The Bertz CT molecular complexity index is 187. The van der Waals surface area contributed by atoms with Crippen LogP contribution in [-0.4, -0.2) is 17.1 Å². The van der Waals surface area contributed by atoms with E-state index in [4.69, 9.17) is 0 Å². The first-order valence-corrected chi connectivity index (χ1v) is 5.15. The molecule has 2 saturated carbocycles. The van der Waals surface area contributed by atoms with Crippen LogP contribution in [0.2, 0.25) is 0 Å². The Morgan fingerprint density at radius 2 is 1.85 bits per heavy atom. The molecular formula is C10H16F2O. The average Bonchev–Trinajstić information content (AvgIpc) is 2.58. The number of hydrogen-bond donors (Lipinski definition) is 1. The van der Waals surface area contributed by atoms with Gasteiger partial charge in [-0.15, -0.1) is 0 Å². The predicted octanol–water partition coefficient (Wildman–Crippen LogP) is 2.58. The van der Waals surface area contributed by atoms with Gasteiger partial charge in [-0.1, -0.05) is 12.8 Å². The van der Waals surface area contributed by atoms with Crippen LogP contribution in [0.25, 0.3) is 0 Å². The van der Waals surface area contributed by atoms with Crippen LogP contribution in [0.1, 0.15) is 38.5 Å². The highest BCUT2D eigenvalue weighted by molar-refractivity contribution is 4.96. The van der Waals surface area contributed by atoms with Crippen LogP contribution in [0.4, 0.5) is 8.78 Å². The summed E-state index contributed by atoms with van der Waals surface area (Å²) < 4.78 is 25.1. The zero-order chi connectivity index (χ0) is 9.47. The van der Waals surface area contributed by atoms with E-state index in [0.29, 0.717) is 12.3 Å². The van der Waals surface area contributed by atoms with Crippen molar-refractivity contribution in [3.8, 4) is 0 Å². The molecule has 0 aromatic rings. The third-order valence-corrected chi connectivity index (χ3v) is 3.43. The predicted molar refractivity (Wildman–Crippen MR) is 45.6 cm³/mol. The van der Waals surface area contributed by atoms with Crippen LogP contribution < -0.4 is 0 Å². The lowest BCUT2D eigenvalue weighted by Gasteiger charge is -2.16. The molecule has 2 fully saturated rings. The van der Waals surface area contributed by atoms with Crippen LogP contribution in [0.5, 0.6) is 0 Å². The van der Waals surface area contributed by atoms with Gasteiger partial charge in [-0.2, -0.15) is 0 Å². The molecule has 2 aliphatic carbocycles. The molecule has 0 heterocycles. The number of alkyl halides is 2. The van der Waals surface area contributed by atoms with Crippen molar-refractivity contribution in [3.05, 3.63) is 0 Å². The van der Waals surface area contributed by atoms with Crippen LogP contribution in [0.3, 0.4) is 0 Å². The van der Waals surface area contributed by atoms with E-state index in [1.54, 1.807) is 0 Å². The Kier molecular flexibility index (Phi) is 2.30. The Morgan fingerprint density at radius 3 is 2.31 bits per heavy atom. The molecule has 3 heteroatoms. The minimum atomic E-state index is -2.46. The summed E-state index contributed by atoms with van der Waals surface area (Å²) in [6.07, 6.45) is 4.21. The Balaban J connectivity index is 1.75. The van der Waals surface area contributed by atoms with Crippen molar-refractivity contribution in [2.45, 2.75) is 50.6 Å². The van der Waals surface area contributed by atoms with Crippen molar-refractivity contribution in [2.24, 2.45) is 11.8 Å². The van der Waals surface area contributed by atoms with E-state index in [2.05, 4.69) is 0 Å². The highest BCUT2D eigenvalue weighted by atomic mass is 19.3. The van der Waals surface area contributed by atoms with Crippen LogP contribution >= 0.6 is 0 Å². The minimum absolute atomic E-state index is 0.00319. The second-order valence-electron chi connectivity index (χ2n) is 4.51. The van der Waals surface area contributed by atoms with E-state index >= 15 is 0 Å². The number of halogens is 2. The van der Waals surface area contributed by atoms with Gasteiger partial charge in [-0.3, -0.25) is 0 Å². The molecule has 76 valence electrons. The zero-order valence-electron chi connectivity index (χ0n) is 7.68. The minimum Gasteiger partial charge on any atom is -0.393 e. The van der Waals surface area contributed by atoms with Gasteiger partial charge in [0, 0.05) is 12.3 Å². The summed E-state index contributed by atoms with van der Waals surface area (Å²) in [7, 11) is 0. The average molecular weight is 190 g/mol. The lowest BCUT2D eigenvalue weighted by Crippen LogP contribution is -2.19. The van der Waals surface area contributed by atoms with Crippen LogP contribution in [0.15, 0.2) is 0 Å². The topological polar surface area (TPSA) is 20.2 Å². The summed E-state index contributed by atoms with van der Waals surface area (Å²) in [6, 6.07) is 0.